The molecule has 0 spiro atoms. The number of hydrogen-bond donors (Lipinski definition) is 1. The van der Waals surface area contributed by atoms with Gasteiger partial charge in [0.2, 0.25) is 0 Å². The lowest BCUT2D eigenvalue weighted by atomic mass is 10.1. The second kappa shape index (κ2) is 13.8. The van der Waals surface area contributed by atoms with Gasteiger partial charge in [0.1, 0.15) is 12.2 Å². The summed E-state index contributed by atoms with van der Waals surface area (Å²) in [6.07, 6.45) is -0.360. The molecule has 1 heterocycles. The zero-order chi connectivity index (χ0) is 27.7. The second-order valence-corrected chi connectivity index (χ2v) is 16.8. The summed E-state index contributed by atoms with van der Waals surface area (Å²) >= 11 is 0. The molecule has 0 saturated carbocycles. The number of rotatable bonds is 13. The van der Waals surface area contributed by atoms with Crippen molar-refractivity contribution in [2.75, 3.05) is 13.2 Å². The Kier molecular flexibility index (Phi) is 10.5. The predicted molar refractivity (Wildman–Crippen MR) is 160 cm³/mol. The van der Waals surface area contributed by atoms with Crippen molar-refractivity contribution in [2.24, 2.45) is 0 Å². The van der Waals surface area contributed by atoms with Crippen LogP contribution in [-0.4, -0.2) is 45.8 Å². The molecule has 1 fully saturated rings. The van der Waals surface area contributed by atoms with E-state index in [0.717, 1.165) is 16.7 Å². The van der Waals surface area contributed by atoms with Crippen molar-refractivity contribution < 1.29 is 18.6 Å². The zero-order valence-corrected chi connectivity index (χ0v) is 25.1. The van der Waals surface area contributed by atoms with Crippen molar-refractivity contribution in [2.45, 2.75) is 83.0 Å². The van der Waals surface area contributed by atoms with E-state index in [0.29, 0.717) is 33.0 Å². The molecule has 0 unspecified atom stereocenters. The van der Waals surface area contributed by atoms with Gasteiger partial charge in [-0.05, 0) is 34.8 Å². The van der Waals surface area contributed by atoms with Crippen LogP contribution in [0.4, 0.5) is 0 Å². The zero-order valence-electron chi connectivity index (χ0n) is 24.1. The van der Waals surface area contributed by atoms with E-state index in [1.165, 1.54) is 0 Å². The van der Waals surface area contributed by atoms with Crippen LogP contribution in [0.3, 0.4) is 0 Å². The van der Waals surface area contributed by atoms with Gasteiger partial charge in [0.05, 0.1) is 45.1 Å². The molecule has 1 N–H and O–H groups in total. The van der Waals surface area contributed by atoms with Gasteiger partial charge in [0.15, 0.2) is 8.32 Å². The fourth-order valence-corrected chi connectivity index (χ4v) is 5.59. The smallest absolute Gasteiger partial charge is 0.192 e. The molecule has 3 aromatic rings. The summed E-state index contributed by atoms with van der Waals surface area (Å²) in [6, 6.07) is 30.9. The van der Waals surface area contributed by atoms with Crippen LogP contribution in [0.5, 0.6) is 0 Å². The molecule has 1 aliphatic heterocycles. The van der Waals surface area contributed by atoms with Gasteiger partial charge in [-0.2, -0.15) is 0 Å². The van der Waals surface area contributed by atoms with Crippen LogP contribution in [0.15, 0.2) is 91.0 Å². The Hall–Kier alpha value is -2.32. The second-order valence-electron chi connectivity index (χ2n) is 12.0. The Morgan fingerprint density at radius 3 is 1.46 bits per heavy atom. The Morgan fingerprint density at radius 2 is 1.03 bits per heavy atom. The van der Waals surface area contributed by atoms with Crippen molar-refractivity contribution in [3.63, 3.8) is 0 Å². The molecular formula is C33H45NO4Si. The van der Waals surface area contributed by atoms with Gasteiger partial charge in [-0.15, -0.1) is 0 Å². The maximum Gasteiger partial charge on any atom is 0.192 e. The van der Waals surface area contributed by atoms with E-state index in [-0.39, 0.29) is 29.3 Å². The van der Waals surface area contributed by atoms with Crippen LogP contribution in [-0.2, 0) is 38.5 Å². The molecular weight excluding hydrogens is 502 g/mol. The molecule has 1 aliphatic rings. The number of nitrogens with one attached hydrogen (secondary N) is 1. The summed E-state index contributed by atoms with van der Waals surface area (Å²) in [5, 5.41) is 3.93. The monoisotopic (exact) mass is 547 g/mol. The highest BCUT2D eigenvalue weighted by molar-refractivity contribution is 6.74. The number of hydrogen-bond acceptors (Lipinski definition) is 5. The minimum atomic E-state index is -1.94. The first-order valence-electron chi connectivity index (χ1n) is 14.1. The summed E-state index contributed by atoms with van der Waals surface area (Å²) < 4.78 is 26.2. The van der Waals surface area contributed by atoms with Crippen LogP contribution < -0.4 is 5.32 Å². The van der Waals surface area contributed by atoms with Gasteiger partial charge in [-0.3, -0.25) is 0 Å². The van der Waals surface area contributed by atoms with Crippen molar-refractivity contribution in [3.8, 4) is 0 Å². The lowest BCUT2D eigenvalue weighted by Gasteiger charge is -2.37. The molecule has 6 heteroatoms. The van der Waals surface area contributed by atoms with Crippen LogP contribution in [0.1, 0.15) is 37.5 Å². The third kappa shape index (κ3) is 8.58. The minimum absolute atomic E-state index is 0.00561. The van der Waals surface area contributed by atoms with E-state index >= 15 is 0 Å². The third-order valence-electron chi connectivity index (χ3n) is 7.95. The van der Waals surface area contributed by atoms with E-state index in [2.05, 4.69) is 75.6 Å². The molecule has 210 valence electrons. The molecule has 1 saturated heterocycles. The third-order valence-corrected chi connectivity index (χ3v) is 12.5. The molecule has 4 rings (SSSR count). The normalized spacial score (nSPS) is 21.8. The number of ether oxygens (including phenoxy) is 3. The van der Waals surface area contributed by atoms with Crippen LogP contribution >= 0.6 is 0 Å². The van der Waals surface area contributed by atoms with E-state index in [4.69, 9.17) is 18.6 Å². The summed E-state index contributed by atoms with van der Waals surface area (Å²) in [6.45, 7) is 14.1. The fourth-order valence-electron chi connectivity index (χ4n) is 4.56. The number of benzene rings is 3. The lowest BCUT2D eigenvalue weighted by molar-refractivity contribution is -0.0883. The van der Waals surface area contributed by atoms with Gasteiger partial charge in [0.25, 0.3) is 0 Å². The summed E-state index contributed by atoms with van der Waals surface area (Å²) in [5.41, 5.74) is 3.45. The standard InChI is InChI=1S/C33H45NO4Si/c1-33(2,3)39(4,5)38-25-30-32(37-23-28-19-13-8-14-20-28)31(36-22-27-17-11-7-12-18-27)29(34-30)24-35-21-26-15-9-6-10-16-26/h6-20,29-32,34H,21-25H2,1-5H3/t29-,30-,31-,32+/m1/s1. The average molecular weight is 548 g/mol. The van der Waals surface area contributed by atoms with Gasteiger partial charge >= 0.3 is 0 Å². The largest absolute Gasteiger partial charge is 0.415 e. The summed E-state index contributed by atoms with van der Waals surface area (Å²) in [4.78, 5) is 0. The van der Waals surface area contributed by atoms with E-state index in [1.807, 2.05) is 54.6 Å². The first-order chi connectivity index (χ1) is 18.7. The van der Waals surface area contributed by atoms with E-state index in [1.54, 1.807) is 0 Å². The lowest BCUT2D eigenvalue weighted by Crippen LogP contribution is -2.47. The molecule has 3 aromatic carbocycles. The topological polar surface area (TPSA) is 49.0 Å². The maximum absolute atomic E-state index is 6.69. The van der Waals surface area contributed by atoms with Crippen molar-refractivity contribution in [3.05, 3.63) is 108 Å². The molecule has 0 amide bonds. The maximum atomic E-state index is 6.69. The van der Waals surface area contributed by atoms with Gasteiger partial charge in [-0.25, -0.2) is 0 Å². The van der Waals surface area contributed by atoms with Crippen LogP contribution in [0.25, 0.3) is 0 Å². The van der Waals surface area contributed by atoms with Gasteiger partial charge in [-0.1, -0.05) is 112 Å². The quantitative estimate of drug-likeness (QED) is 0.240. The van der Waals surface area contributed by atoms with E-state index < -0.39 is 8.32 Å². The SMILES string of the molecule is CC(C)(C)[Si](C)(C)OC[C@H]1N[C@H](COCc2ccccc2)[C@@H](OCc2ccccc2)[C@H]1OCc1ccccc1. The summed E-state index contributed by atoms with van der Waals surface area (Å²) in [5.74, 6) is 0. The first-order valence-corrected chi connectivity index (χ1v) is 17.0. The van der Waals surface area contributed by atoms with Gasteiger partial charge < -0.3 is 24.0 Å². The molecule has 0 aromatic heterocycles. The minimum Gasteiger partial charge on any atom is -0.415 e. The van der Waals surface area contributed by atoms with Crippen LogP contribution in [0.2, 0.25) is 18.1 Å². The van der Waals surface area contributed by atoms with Crippen molar-refractivity contribution >= 4 is 8.32 Å². The Morgan fingerprint density at radius 1 is 0.615 bits per heavy atom. The fraction of sp³-hybridized carbons (Fsp3) is 0.455. The molecule has 0 bridgehead atoms. The van der Waals surface area contributed by atoms with Crippen molar-refractivity contribution in [1.29, 1.82) is 0 Å². The molecule has 0 radical (unpaired) electrons. The van der Waals surface area contributed by atoms with Gasteiger partial charge in [0, 0.05) is 0 Å². The Bertz CT molecular complexity index is 1100. The highest BCUT2D eigenvalue weighted by Gasteiger charge is 2.46. The molecule has 0 aliphatic carbocycles. The van der Waals surface area contributed by atoms with Crippen molar-refractivity contribution in [1.82, 2.24) is 5.32 Å². The Labute approximate surface area is 236 Å². The first kappa shape index (κ1) is 29.7. The summed E-state index contributed by atoms with van der Waals surface area (Å²) in [7, 11) is -1.94. The van der Waals surface area contributed by atoms with Crippen LogP contribution in [0, 0.1) is 0 Å². The molecule has 4 atom stereocenters. The highest BCUT2D eigenvalue weighted by Crippen LogP contribution is 2.37. The molecule has 39 heavy (non-hydrogen) atoms. The Balaban J connectivity index is 1.51. The highest BCUT2D eigenvalue weighted by atomic mass is 28.4. The van der Waals surface area contributed by atoms with E-state index in [9.17, 15) is 0 Å². The predicted octanol–water partition coefficient (Wildman–Crippen LogP) is 6.74. The average Bonchev–Trinajstić information content (AvgIpc) is 3.26. The molecule has 5 nitrogen and oxygen atoms in total.